The number of benzene rings is 2. The number of nitrogens with one attached hydrogen (secondary N) is 1. The summed E-state index contributed by atoms with van der Waals surface area (Å²) in [5, 5.41) is 3.30. The first-order chi connectivity index (χ1) is 16.0. The van der Waals surface area contributed by atoms with Crippen molar-refractivity contribution < 1.29 is 9.53 Å². The van der Waals surface area contributed by atoms with E-state index in [1.54, 1.807) is 7.11 Å². The fourth-order valence-corrected chi connectivity index (χ4v) is 3.92. The van der Waals surface area contributed by atoms with Crippen LogP contribution in [0.1, 0.15) is 23.2 Å². The number of methoxy groups -OCH3 is 1. The normalized spacial score (nSPS) is 13.7. The van der Waals surface area contributed by atoms with Gasteiger partial charge in [-0.05, 0) is 50.1 Å². The predicted molar refractivity (Wildman–Crippen MR) is 131 cm³/mol. The van der Waals surface area contributed by atoms with Crippen LogP contribution < -0.4 is 15.0 Å². The van der Waals surface area contributed by atoms with Gasteiger partial charge in [-0.15, -0.1) is 0 Å². The molecule has 0 radical (unpaired) electrons. The number of ether oxygens (including phenoxy) is 1. The Kier molecular flexibility index (Phi) is 7.07. The van der Waals surface area contributed by atoms with Gasteiger partial charge in [-0.2, -0.15) is 4.98 Å². The van der Waals surface area contributed by atoms with E-state index in [2.05, 4.69) is 34.3 Å². The molecule has 7 nitrogen and oxygen atoms in total. The Morgan fingerprint density at radius 3 is 2.33 bits per heavy atom. The summed E-state index contributed by atoms with van der Waals surface area (Å²) in [6, 6.07) is 18.1. The Hall–Kier alpha value is -3.61. The van der Waals surface area contributed by atoms with Gasteiger partial charge in [-0.25, -0.2) is 4.98 Å². The van der Waals surface area contributed by atoms with Crippen LogP contribution in [0.3, 0.4) is 0 Å². The third-order valence-corrected chi connectivity index (χ3v) is 5.89. The zero-order chi connectivity index (χ0) is 23.2. The number of aryl methyl sites for hydroxylation is 3. The number of piperazine rings is 1. The van der Waals surface area contributed by atoms with Gasteiger partial charge in [0.15, 0.2) is 0 Å². The second kappa shape index (κ2) is 10.3. The zero-order valence-electron chi connectivity index (χ0n) is 19.5. The number of rotatable bonds is 7. The van der Waals surface area contributed by atoms with E-state index in [-0.39, 0.29) is 5.91 Å². The molecule has 1 amide bonds. The molecule has 33 heavy (non-hydrogen) atoms. The average molecular weight is 446 g/mol. The Morgan fingerprint density at radius 2 is 1.67 bits per heavy atom. The summed E-state index contributed by atoms with van der Waals surface area (Å²) in [7, 11) is 1.66. The third kappa shape index (κ3) is 6.00. The molecule has 1 N–H and O–H groups in total. The fraction of sp³-hybridized carbons (Fsp3) is 0.346. The first-order valence-electron chi connectivity index (χ1n) is 11.4. The van der Waals surface area contributed by atoms with E-state index >= 15 is 0 Å². The van der Waals surface area contributed by atoms with Gasteiger partial charge >= 0.3 is 0 Å². The van der Waals surface area contributed by atoms with Gasteiger partial charge in [-0.3, -0.25) is 4.79 Å². The highest BCUT2D eigenvalue weighted by Gasteiger charge is 2.22. The summed E-state index contributed by atoms with van der Waals surface area (Å²) in [5.74, 6) is 2.51. The molecule has 1 aromatic heterocycles. The molecule has 172 valence electrons. The van der Waals surface area contributed by atoms with Crippen molar-refractivity contribution in [3.63, 3.8) is 0 Å². The van der Waals surface area contributed by atoms with Crippen LogP contribution in [0.25, 0.3) is 0 Å². The largest absolute Gasteiger partial charge is 0.497 e. The van der Waals surface area contributed by atoms with E-state index in [9.17, 15) is 4.79 Å². The summed E-state index contributed by atoms with van der Waals surface area (Å²) >= 11 is 0. The molecule has 0 bridgehead atoms. The molecule has 0 atom stereocenters. The third-order valence-electron chi connectivity index (χ3n) is 5.89. The fourth-order valence-electron chi connectivity index (χ4n) is 3.92. The molecular weight excluding hydrogens is 414 g/mol. The highest BCUT2D eigenvalue weighted by atomic mass is 16.5. The van der Waals surface area contributed by atoms with Gasteiger partial charge < -0.3 is 19.9 Å². The summed E-state index contributed by atoms with van der Waals surface area (Å²) in [6.07, 6.45) is 1.26. The predicted octanol–water partition coefficient (Wildman–Crippen LogP) is 4.13. The maximum absolute atomic E-state index is 12.7. The number of hydrogen-bond acceptors (Lipinski definition) is 6. The van der Waals surface area contributed by atoms with Crippen LogP contribution in [0.5, 0.6) is 5.75 Å². The lowest BCUT2D eigenvalue weighted by atomic mass is 10.1. The van der Waals surface area contributed by atoms with Crippen LogP contribution in [0, 0.1) is 13.8 Å². The first kappa shape index (κ1) is 22.6. The van der Waals surface area contributed by atoms with Crippen molar-refractivity contribution in [2.75, 3.05) is 43.5 Å². The van der Waals surface area contributed by atoms with E-state index in [0.717, 1.165) is 48.0 Å². The lowest BCUT2D eigenvalue weighted by Gasteiger charge is -2.35. The average Bonchev–Trinajstić information content (AvgIpc) is 2.84. The topological polar surface area (TPSA) is 70.6 Å². The van der Waals surface area contributed by atoms with E-state index in [1.807, 2.05) is 54.3 Å². The number of aromatic nitrogens is 2. The summed E-state index contributed by atoms with van der Waals surface area (Å²) in [6.45, 7) is 6.96. The van der Waals surface area contributed by atoms with Crippen LogP contribution in [-0.4, -0.2) is 54.1 Å². The SMILES string of the molecule is COc1ccc(CCC(=O)N2CCN(c3cc(C)nc(Nc4ccc(C)cc4)n3)CC2)cc1. The highest BCUT2D eigenvalue weighted by Crippen LogP contribution is 2.20. The lowest BCUT2D eigenvalue weighted by molar-refractivity contribution is -0.131. The summed E-state index contributed by atoms with van der Waals surface area (Å²) < 4.78 is 5.19. The van der Waals surface area contributed by atoms with Crippen molar-refractivity contribution in [3.05, 3.63) is 71.4 Å². The van der Waals surface area contributed by atoms with Crippen molar-refractivity contribution in [2.45, 2.75) is 26.7 Å². The van der Waals surface area contributed by atoms with Gasteiger partial charge in [0.2, 0.25) is 11.9 Å². The quantitative estimate of drug-likeness (QED) is 0.590. The number of anilines is 3. The monoisotopic (exact) mass is 445 g/mol. The molecular formula is C26H31N5O2. The molecule has 0 aliphatic carbocycles. The molecule has 7 heteroatoms. The molecule has 1 aliphatic rings. The van der Waals surface area contributed by atoms with E-state index < -0.39 is 0 Å². The van der Waals surface area contributed by atoms with E-state index in [0.29, 0.717) is 25.5 Å². The van der Waals surface area contributed by atoms with Crippen LogP contribution >= 0.6 is 0 Å². The van der Waals surface area contributed by atoms with Crippen LogP contribution in [0.4, 0.5) is 17.5 Å². The Morgan fingerprint density at radius 1 is 0.970 bits per heavy atom. The Bertz CT molecular complexity index is 1070. The molecule has 0 spiro atoms. The number of nitrogens with zero attached hydrogens (tertiary/aromatic N) is 4. The first-order valence-corrected chi connectivity index (χ1v) is 11.4. The van der Waals surface area contributed by atoms with E-state index in [4.69, 9.17) is 9.72 Å². The molecule has 4 rings (SSSR count). The second-order valence-electron chi connectivity index (χ2n) is 8.40. The minimum Gasteiger partial charge on any atom is -0.497 e. The maximum Gasteiger partial charge on any atom is 0.229 e. The molecule has 1 saturated heterocycles. The number of carbonyl (C=O) groups excluding carboxylic acids is 1. The van der Waals surface area contributed by atoms with Crippen molar-refractivity contribution in [1.29, 1.82) is 0 Å². The highest BCUT2D eigenvalue weighted by molar-refractivity contribution is 5.76. The Balaban J connectivity index is 1.31. The number of amides is 1. The van der Waals surface area contributed by atoms with Crippen molar-refractivity contribution in [2.24, 2.45) is 0 Å². The van der Waals surface area contributed by atoms with Gasteiger partial charge in [0, 0.05) is 50.0 Å². The van der Waals surface area contributed by atoms with Gasteiger partial charge in [0.05, 0.1) is 7.11 Å². The second-order valence-corrected chi connectivity index (χ2v) is 8.40. The summed E-state index contributed by atoms with van der Waals surface area (Å²) in [4.78, 5) is 26.2. The van der Waals surface area contributed by atoms with Gasteiger partial charge in [-0.1, -0.05) is 29.8 Å². The standard InChI is InChI=1S/C26H31N5O2/c1-19-4-9-22(10-5-19)28-26-27-20(2)18-24(29-26)30-14-16-31(17-15-30)25(32)13-8-21-6-11-23(33-3)12-7-21/h4-7,9-12,18H,8,13-17H2,1-3H3,(H,27,28,29). The van der Waals surface area contributed by atoms with E-state index in [1.165, 1.54) is 5.56 Å². The lowest BCUT2D eigenvalue weighted by Crippen LogP contribution is -2.49. The zero-order valence-corrected chi connectivity index (χ0v) is 19.5. The molecule has 1 aliphatic heterocycles. The number of hydrogen-bond donors (Lipinski definition) is 1. The Labute approximate surface area is 195 Å². The van der Waals surface area contributed by atoms with Crippen molar-refractivity contribution in [3.8, 4) is 5.75 Å². The molecule has 2 heterocycles. The minimum absolute atomic E-state index is 0.200. The van der Waals surface area contributed by atoms with Crippen molar-refractivity contribution in [1.82, 2.24) is 14.9 Å². The molecule has 0 saturated carbocycles. The molecule has 0 unspecified atom stereocenters. The smallest absolute Gasteiger partial charge is 0.229 e. The van der Waals surface area contributed by atoms with Gasteiger partial charge in [0.1, 0.15) is 11.6 Å². The minimum atomic E-state index is 0.200. The molecule has 3 aromatic rings. The number of carbonyl (C=O) groups is 1. The summed E-state index contributed by atoms with van der Waals surface area (Å²) in [5.41, 5.74) is 4.23. The molecule has 2 aromatic carbocycles. The van der Waals surface area contributed by atoms with Crippen LogP contribution in [0.15, 0.2) is 54.6 Å². The molecule has 1 fully saturated rings. The van der Waals surface area contributed by atoms with Crippen LogP contribution in [0.2, 0.25) is 0 Å². The maximum atomic E-state index is 12.7. The van der Waals surface area contributed by atoms with Gasteiger partial charge in [0.25, 0.3) is 0 Å². The van der Waals surface area contributed by atoms with Crippen molar-refractivity contribution >= 4 is 23.4 Å². The van der Waals surface area contributed by atoms with Crippen LogP contribution in [-0.2, 0) is 11.2 Å².